The number of carbonyl (C=O) groups is 1. The zero-order valence-electron chi connectivity index (χ0n) is 15.1. The molecule has 0 unspecified atom stereocenters. The fourth-order valence-corrected chi connectivity index (χ4v) is 2.88. The standard InChI is InChI=1S/C18H25N5O2/c1-12(2)14-11-15(17(24)21-16-10-13(3)25-22-16)20-18(19-14)23-8-6-4-5-7-9-23/h10-12H,4-9H2,1-3H3,(H,21,22,24). The van der Waals surface area contributed by atoms with Crippen LogP contribution in [-0.4, -0.2) is 34.1 Å². The molecule has 0 radical (unpaired) electrons. The van der Waals surface area contributed by atoms with Gasteiger partial charge in [-0.05, 0) is 31.7 Å². The molecule has 0 bridgehead atoms. The van der Waals surface area contributed by atoms with E-state index in [0.29, 0.717) is 23.2 Å². The lowest BCUT2D eigenvalue weighted by molar-refractivity contribution is 0.102. The van der Waals surface area contributed by atoms with E-state index < -0.39 is 0 Å². The molecule has 0 aliphatic carbocycles. The summed E-state index contributed by atoms with van der Waals surface area (Å²) in [4.78, 5) is 24.0. The van der Waals surface area contributed by atoms with Crippen molar-refractivity contribution in [1.82, 2.24) is 15.1 Å². The summed E-state index contributed by atoms with van der Waals surface area (Å²) < 4.78 is 4.99. The van der Waals surface area contributed by atoms with Crippen LogP contribution in [0, 0.1) is 6.92 Å². The topological polar surface area (TPSA) is 84.2 Å². The van der Waals surface area contributed by atoms with Crippen LogP contribution in [0.15, 0.2) is 16.7 Å². The van der Waals surface area contributed by atoms with E-state index in [0.717, 1.165) is 31.6 Å². The minimum atomic E-state index is -0.298. The van der Waals surface area contributed by atoms with E-state index in [1.807, 2.05) is 0 Å². The van der Waals surface area contributed by atoms with Crippen molar-refractivity contribution in [2.45, 2.75) is 52.4 Å². The minimum absolute atomic E-state index is 0.217. The number of rotatable bonds is 4. The van der Waals surface area contributed by atoms with Crippen molar-refractivity contribution in [3.05, 3.63) is 29.3 Å². The first-order chi connectivity index (χ1) is 12.0. The highest BCUT2D eigenvalue weighted by atomic mass is 16.5. The Kier molecular flexibility index (Phi) is 5.31. The van der Waals surface area contributed by atoms with Crippen LogP contribution < -0.4 is 10.2 Å². The molecule has 1 saturated heterocycles. The number of hydrogen-bond donors (Lipinski definition) is 1. The van der Waals surface area contributed by atoms with Gasteiger partial charge in [0.15, 0.2) is 5.82 Å². The fourth-order valence-electron chi connectivity index (χ4n) is 2.88. The van der Waals surface area contributed by atoms with Crippen LogP contribution in [0.4, 0.5) is 11.8 Å². The molecular formula is C18H25N5O2. The molecule has 0 spiro atoms. The Morgan fingerprint density at radius 1 is 1.16 bits per heavy atom. The predicted octanol–water partition coefficient (Wildman–Crippen LogP) is 3.53. The molecule has 1 fully saturated rings. The number of carbonyl (C=O) groups excluding carboxylic acids is 1. The monoisotopic (exact) mass is 343 g/mol. The molecule has 1 amide bonds. The number of hydrogen-bond acceptors (Lipinski definition) is 6. The van der Waals surface area contributed by atoms with Gasteiger partial charge in [0.05, 0.1) is 0 Å². The number of aromatic nitrogens is 3. The van der Waals surface area contributed by atoms with Crippen LogP contribution in [-0.2, 0) is 0 Å². The Hall–Kier alpha value is -2.44. The number of aryl methyl sites for hydroxylation is 1. The van der Waals surface area contributed by atoms with Gasteiger partial charge in [-0.2, -0.15) is 0 Å². The van der Waals surface area contributed by atoms with Gasteiger partial charge in [-0.15, -0.1) is 0 Å². The summed E-state index contributed by atoms with van der Waals surface area (Å²) in [5, 5.41) is 6.54. The molecule has 7 nitrogen and oxygen atoms in total. The van der Waals surface area contributed by atoms with Crippen molar-refractivity contribution in [3.63, 3.8) is 0 Å². The quantitative estimate of drug-likeness (QED) is 0.914. The summed E-state index contributed by atoms with van der Waals surface area (Å²) >= 11 is 0. The summed E-state index contributed by atoms with van der Waals surface area (Å²) in [7, 11) is 0. The summed E-state index contributed by atoms with van der Waals surface area (Å²) in [6.07, 6.45) is 4.74. The van der Waals surface area contributed by atoms with Gasteiger partial charge in [0.25, 0.3) is 5.91 Å². The third-order valence-corrected chi connectivity index (χ3v) is 4.32. The highest BCUT2D eigenvalue weighted by Crippen LogP contribution is 2.21. The molecule has 3 rings (SSSR count). The van der Waals surface area contributed by atoms with Crippen molar-refractivity contribution >= 4 is 17.7 Å². The maximum atomic E-state index is 12.6. The summed E-state index contributed by atoms with van der Waals surface area (Å²) in [5.41, 5.74) is 1.23. The van der Waals surface area contributed by atoms with Gasteiger partial charge < -0.3 is 14.7 Å². The van der Waals surface area contributed by atoms with E-state index in [-0.39, 0.29) is 11.8 Å². The van der Waals surface area contributed by atoms with Gasteiger partial charge in [0.1, 0.15) is 11.5 Å². The first-order valence-corrected chi connectivity index (χ1v) is 8.91. The smallest absolute Gasteiger partial charge is 0.275 e. The lowest BCUT2D eigenvalue weighted by Crippen LogP contribution is -2.28. The van der Waals surface area contributed by atoms with E-state index in [2.05, 4.69) is 34.2 Å². The maximum Gasteiger partial charge on any atom is 0.275 e. The molecule has 0 aromatic carbocycles. The average molecular weight is 343 g/mol. The number of anilines is 2. The molecule has 7 heteroatoms. The Morgan fingerprint density at radius 3 is 2.48 bits per heavy atom. The van der Waals surface area contributed by atoms with Crippen molar-refractivity contribution in [3.8, 4) is 0 Å². The molecule has 134 valence electrons. The van der Waals surface area contributed by atoms with Crippen LogP contribution in [0.3, 0.4) is 0 Å². The second-order valence-corrected chi connectivity index (χ2v) is 6.81. The lowest BCUT2D eigenvalue weighted by atomic mass is 10.1. The van der Waals surface area contributed by atoms with Gasteiger partial charge in [0, 0.05) is 24.8 Å². The van der Waals surface area contributed by atoms with Gasteiger partial charge in [-0.3, -0.25) is 4.79 Å². The van der Waals surface area contributed by atoms with Crippen LogP contribution in [0.25, 0.3) is 0 Å². The summed E-state index contributed by atoms with van der Waals surface area (Å²) in [5.74, 6) is 1.60. The SMILES string of the molecule is Cc1cc(NC(=O)c2cc(C(C)C)nc(N3CCCCCC3)n2)no1. The molecule has 25 heavy (non-hydrogen) atoms. The van der Waals surface area contributed by atoms with Crippen LogP contribution in [0.5, 0.6) is 0 Å². The van der Waals surface area contributed by atoms with E-state index in [9.17, 15) is 4.79 Å². The number of nitrogens with zero attached hydrogens (tertiary/aromatic N) is 4. The van der Waals surface area contributed by atoms with Gasteiger partial charge in [-0.1, -0.05) is 31.8 Å². The Morgan fingerprint density at radius 2 is 1.88 bits per heavy atom. The van der Waals surface area contributed by atoms with Crippen LogP contribution in [0.2, 0.25) is 0 Å². The van der Waals surface area contributed by atoms with Gasteiger partial charge >= 0.3 is 0 Å². The lowest BCUT2D eigenvalue weighted by Gasteiger charge is -2.22. The van der Waals surface area contributed by atoms with Gasteiger partial charge in [-0.25, -0.2) is 9.97 Å². The highest BCUT2D eigenvalue weighted by Gasteiger charge is 2.19. The minimum Gasteiger partial charge on any atom is -0.360 e. The molecule has 0 saturated carbocycles. The largest absolute Gasteiger partial charge is 0.360 e. The average Bonchev–Trinajstić information content (AvgIpc) is 2.85. The van der Waals surface area contributed by atoms with E-state index in [4.69, 9.17) is 9.51 Å². The van der Waals surface area contributed by atoms with Crippen molar-refractivity contribution in [2.75, 3.05) is 23.3 Å². The fraction of sp³-hybridized carbons (Fsp3) is 0.556. The number of amides is 1. The van der Waals surface area contributed by atoms with Crippen molar-refractivity contribution < 1.29 is 9.32 Å². The highest BCUT2D eigenvalue weighted by molar-refractivity contribution is 6.02. The van der Waals surface area contributed by atoms with Crippen molar-refractivity contribution in [1.29, 1.82) is 0 Å². The van der Waals surface area contributed by atoms with Crippen molar-refractivity contribution in [2.24, 2.45) is 0 Å². The van der Waals surface area contributed by atoms with E-state index >= 15 is 0 Å². The molecule has 2 aromatic rings. The Labute approximate surface area is 147 Å². The number of nitrogens with one attached hydrogen (secondary N) is 1. The van der Waals surface area contributed by atoms with Crippen LogP contribution in [0.1, 0.15) is 67.4 Å². The Balaban J connectivity index is 1.87. The maximum absolute atomic E-state index is 12.6. The third-order valence-electron chi connectivity index (χ3n) is 4.32. The molecular weight excluding hydrogens is 318 g/mol. The second-order valence-electron chi connectivity index (χ2n) is 6.81. The summed E-state index contributed by atoms with van der Waals surface area (Å²) in [6.45, 7) is 7.78. The molecule has 0 atom stereocenters. The molecule has 2 aromatic heterocycles. The zero-order valence-corrected chi connectivity index (χ0v) is 15.1. The normalized spacial score (nSPS) is 15.3. The molecule has 1 N–H and O–H groups in total. The van der Waals surface area contributed by atoms with E-state index in [1.54, 1.807) is 19.1 Å². The molecule has 3 heterocycles. The Bertz CT molecular complexity index is 733. The molecule has 1 aliphatic heterocycles. The van der Waals surface area contributed by atoms with Crippen LogP contribution >= 0.6 is 0 Å². The third kappa shape index (κ3) is 4.35. The van der Waals surface area contributed by atoms with Gasteiger partial charge in [0.2, 0.25) is 5.95 Å². The summed E-state index contributed by atoms with van der Waals surface area (Å²) in [6, 6.07) is 3.44. The first kappa shape index (κ1) is 17.4. The first-order valence-electron chi connectivity index (χ1n) is 8.91. The van der Waals surface area contributed by atoms with E-state index in [1.165, 1.54) is 12.8 Å². The molecule has 1 aliphatic rings. The predicted molar refractivity (Wildman–Crippen MR) is 96.0 cm³/mol. The zero-order chi connectivity index (χ0) is 17.8. The second kappa shape index (κ2) is 7.63.